The van der Waals surface area contributed by atoms with Gasteiger partial charge in [-0.15, -0.1) is 0 Å². The van der Waals surface area contributed by atoms with Crippen LogP contribution in [0.1, 0.15) is 12.0 Å². The highest BCUT2D eigenvalue weighted by atomic mass is 79.9. The minimum atomic E-state index is 0.645. The van der Waals surface area contributed by atoms with E-state index >= 15 is 0 Å². The van der Waals surface area contributed by atoms with Crippen LogP contribution >= 0.6 is 31.9 Å². The first-order valence-corrected chi connectivity index (χ1v) is 7.32. The summed E-state index contributed by atoms with van der Waals surface area (Å²) in [5.41, 5.74) is 1.34. The second-order valence-corrected chi connectivity index (χ2v) is 5.65. The van der Waals surface area contributed by atoms with Crippen LogP contribution in [-0.4, -0.2) is 11.6 Å². The molecule has 18 heavy (non-hydrogen) atoms. The van der Waals surface area contributed by atoms with Gasteiger partial charge in [-0.05, 0) is 56.3 Å². The van der Waals surface area contributed by atoms with E-state index in [2.05, 4.69) is 61.1 Å². The fourth-order valence-electron chi connectivity index (χ4n) is 1.60. The highest BCUT2D eigenvalue weighted by Gasteiger charge is 2.03. The quantitative estimate of drug-likeness (QED) is 0.716. The van der Waals surface area contributed by atoms with E-state index in [9.17, 15) is 0 Å². The predicted molar refractivity (Wildman–Crippen MR) is 79.9 cm³/mol. The number of aryl methyl sites for hydroxylation is 1. The molecule has 2 nitrogen and oxygen atoms in total. The topological polar surface area (TPSA) is 22.1 Å². The van der Waals surface area contributed by atoms with Gasteiger partial charge in [-0.1, -0.05) is 30.3 Å². The molecule has 0 atom stereocenters. The van der Waals surface area contributed by atoms with Crippen LogP contribution < -0.4 is 4.74 Å². The van der Waals surface area contributed by atoms with Crippen molar-refractivity contribution in [2.24, 2.45) is 0 Å². The molecule has 0 aliphatic rings. The number of ether oxygens (including phenoxy) is 1. The van der Waals surface area contributed by atoms with Gasteiger partial charge in [0.25, 0.3) is 0 Å². The van der Waals surface area contributed by atoms with Crippen LogP contribution in [0.4, 0.5) is 0 Å². The molecule has 0 spiro atoms. The van der Waals surface area contributed by atoms with E-state index in [1.54, 1.807) is 6.20 Å². The van der Waals surface area contributed by atoms with E-state index in [1.165, 1.54) is 5.56 Å². The van der Waals surface area contributed by atoms with Crippen molar-refractivity contribution in [3.63, 3.8) is 0 Å². The minimum Gasteiger partial charge on any atom is -0.477 e. The lowest BCUT2D eigenvalue weighted by Gasteiger charge is -2.07. The van der Waals surface area contributed by atoms with Crippen molar-refractivity contribution >= 4 is 31.9 Å². The summed E-state index contributed by atoms with van der Waals surface area (Å²) >= 11 is 6.79. The molecule has 4 heteroatoms. The normalized spacial score (nSPS) is 10.3. The smallest absolute Gasteiger partial charge is 0.228 e. The van der Waals surface area contributed by atoms with E-state index in [1.807, 2.05) is 12.1 Å². The van der Waals surface area contributed by atoms with Crippen molar-refractivity contribution in [2.75, 3.05) is 6.61 Å². The second-order valence-electron chi connectivity index (χ2n) is 3.88. The number of halogens is 2. The van der Waals surface area contributed by atoms with Gasteiger partial charge in [0.15, 0.2) is 0 Å². The summed E-state index contributed by atoms with van der Waals surface area (Å²) in [6, 6.07) is 12.3. The van der Waals surface area contributed by atoms with Gasteiger partial charge in [-0.2, -0.15) is 0 Å². The Bertz CT molecular complexity index is 502. The molecule has 1 heterocycles. The maximum absolute atomic E-state index is 5.63. The first-order chi connectivity index (χ1) is 8.75. The van der Waals surface area contributed by atoms with Crippen molar-refractivity contribution in [2.45, 2.75) is 12.8 Å². The van der Waals surface area contributed by atoms with Gasteiger partial charge in [0.05, 0.1) is 11.1 Å². The molecule has 1 aromatic heterocycles. The molecule has 0 unspecified atom stereocenters. The van der Waals surface area contributed by atoms with Gasteiger partial charge in [-0.25, -0.2) is 4.98 Å². The number of aromatic nitrogens is 1. The van der Waals surface area contributed by atoms with Crippen molar-refractivity contribution in [1.82, 2.24) is 4.98 Å². The standard InChI is InChI=1S/C14H13Br2NO/c15-12-9-13(16)14(17-10-12)18-8-4-7-11-5-2-1-3-6-11/h1-3,5-6,9-10H,4,7-8H2. The molecule has 0 N–H and O–H groups in total. The van der Waals surface area contributed by atoms with Gasteiger partial charge >= 0.3 is 0 Å². The lowest BCUT2D eigenvalue weighted by Crippen LogP contribution is -2.01. The Morgan fingerprint density at radius 3 is 2.61 bits per heavy atom. The van der Waals surface area contributed by atoms with Gasteiger partial charge in [0.2, 0.25) is 5.88 Å². The molecule has 0 fully saturated rings. The summed E-state index contributed by atoms with van der Waals surface area (Å²) in [4.78, 5) is 4.21. The van der Waals surface area contributed by atoms with E-state index < -0.39 is 0 Å². The van der Waals surface area contributed by atoms with Crippen LogP contribution in [0, 0.1) is 0 Å². The van der Waals surface area contributed by atoms with Gasteiger partial charge < -0.3 is 4.74 Å². The maximum atomic E-state index is 5.63. The lowest BCUT2D eigenvalue weighted by molar-refractivity contribution is 0.297. The molecule has 0 amide bonds. The summed E-state index contributed by atoms with van der Waals surface area (Å²) in [5, 5.41) is 0. The van der Waals surface area contributed by atoms with E-state index in [-0.39, 0.29) is 0 Å². The number of hydrogen-bond acceptors (Lipinski definition) is 2. The summed E-state index contributed by atoms with van der Waals surface area (Å²) in [7, 11) is 0. The van der Waals surface area contributed by atoms with Crippen molar-refractivity contribution in [3.05, 3.63) is 57.1 Å². The average molecular weight is 371 g/mol. The van der Waals surface area contributed by atoms with Crippen LogP contribution in [0.2, 0.25) is 0 Å². The van der Waals surface area contributed by atoms with Gasteiger partial charge in [-0.3, -0.25) is 0 Å². The molecule has 2 aromatic rings. The fraction of sp³-hybridized carbons (Fsp3) is 0.214. The van der Waals surface area contributed by atoms with Crippen molar-refractivity contribution < 1.29 is 4.74 Å². The first-order valence-electron chi connectivity index (χ1n) is 5.73. The summed E-state index contributed by atoms with van der Waals surface area (Å²) < 4.78 is 7.44. The third kappa shape index (κ3) is 4.10. The van der Waals surface area contributed by atoms with Crippen LogP contribution in [0.3, 0.4) is 0 Å². The Morgan fingerprint density at radius 2 is 1.89 bits per heavy atom. The molecule has 0 radical (unpaired) electrons. The van der Waals surface area contributed by atoms with Gasteiger partial charge in [0, 0.05) is 10.7 Å². The minimum absolute atomic E-state index is 0.645. The maximum Gasteiger partial charge on any atom is 0.228 e. The van der Waals surface area contributed by atoms with E-state index in [0.717, 1.165) is 21.8 Å². The van der Waals surface area contributed by atoms with Crippen molar-refractivity contribution in [1.29, 1.82) is 0 Å². The number of rotatable bonds is 5. The monoisotopic (exact) mass is 369 g/mol. The highest BCUT2D eigenvalue weighted by molar-refractivity contribution is 9.11. The zero-order chi connectivity index (χ0) is 12.8. The Morgan fingerprint density at radius 1 is 1.11 bits per heavy atom. The van der Waals surface area contributed by atoms with Gasteiger partial charge in [0.1, 0.15) is 0 Å². The van der Waals surface area contributed by atoms with Crippen LogP contribution in [0.5, 0.6) is 5.88 Å². The van der Waals surface area contributed by atoms with E-state index in [4.69, 9.17) is 4.74 Å². The number of nitrogens with zero attached hydrogens (tertiary/aromatic N) is 1. The Kier molecular flexibility index (Phi) is 5.20. The number of hydrogen-bond donors (Lipinski definition) is 0. The summed E-state index contributed by atoms with van der Waals surface area (Å²) in [5.74, 6) is 0.645. The fourth-order valence-corrected chi connectivity index (χ4v) is 2.70. The van der Waals surface area contributed by atoms with Crippen LogP contribution in [0.15, 0.2) is 51.5 Å². The Labute approximate surface area is 124 Å². The molecule has 0 aliphatic heterocycles. The molecule has 0 bridgehead atoms. The molecule has 94 valence electrons. The largest absolute Gasteiger partial charge is 0.477 e. The zero-order valence-electron chi connectivity index (χ0n) is 9.77. The van der Waals surface area contributed by atoms with E-state index in [0.29, 0.717) is 12.5 Å². The predicted octanol–water partition coefficient (Wildman–Crippen LogP) is 4.62. The first kappa shape index (κ1) is 13.6. The lowest BCUT2D eigenvalue weighted by atomic mass is 10.1. The Balaban J connectivity index is 1.79. The molecule has 0 saturated carbocycles. The third-order valence-electron chi connectivity index (χ3n) is 2.47. The van der Waals surface area contributed by atoms with Crippen LogP contribution in [0.25, 0.3) is 0 Å². The zero-order valence-corrected chi connectivity index (χ0v) is 12.9. The number of pyridine rings is 1. The molecule has 0 aliphatic carbocycles. The van der Waals surface area contributed by atoms with Crippen LogP contribution in [-0.2, 0) is 6.42 Å². The number of benzene rings is 1. The summed E-state index contributed by atoms with van der Waals surface area (Å²) in [6.45, 7) is 0.669. The molecular formula is C14H13Br2NO. The highest BCUT2D eigenvalue weighted by Crippen LogP contribution is 2.25. The molecule has 2 rings (SSSR count). The third-order valence-corrected chi connectivity index (χ3v) is 3.47. The Hall–Kier alpha value is -0.870. The molecule has 0 saturated heterocycles. The summed E-state index contributed by atoms with van der Waals surface area (Å²) in [6.07, 6.45) is 3.74. The SMILES string of the molecule is Brc1cnc(OCCCc2ccccc2)c(Br)c1. The molecular weight excluding hydrogens is 358 g/mol. The average Bonchev–Trinajstić information content (AvgIpc) is 2.38. The molecule has 1 aromatic carbocycles. The second kappa shape index (κ2) is 6.90. The van der Waals surface area contributed by atoms with Crippen molar-refractivity contribution in [3.8, 4) is 5.88 Å².